The summed E-state index contributed by atoms with van der Waals surface area (Å²) in [5.74, 6) is 0. The highest BCUT2D eigenvalue weighted by atomic mass is 16.3. The van der Waals surface area contributed by atoms with E-state index in [1.807, 2.05) is 0 Å². The summed E-state index contributed by atoms with van der Waals surface area (Å²) in [5, 5.41) is 6.78. The number of furan rings is 1. The molecule has 0 atom stereocenters. The first-order chi connectivity index (χ1) is 28.8. The van der Waals surface area contributed by atoms with Gasteiger partial charge in [0.15, 0.2) is 0 Å². The van der Waals surface area contributed by atoms with Gasteiger partial charge in [0.25, 0.3) is 0 Å². The molecule has 2 nitrogen and oxygen atoms in total. The fourth-order valence-electron chi connectivity index (χ4n) is 8.65. The van der Waals surface area contributed by atoms with E-state index in [1.165, 1.54) is 44.2 Å². The molecule has 0 bridgehead atoms. The van der Waals surface area contributed by atoms with Gasteiger partial charge in [-0.05, 0) is 86.3 Å². The molecule has 0 spiro atoms. The van der Waals surface area contributed by atoms with Gasteiger partial charge in [-0.2, -0.15) is 0 Å². The van der Waals surface area contributed by atoms with Crippen LogP contribution in [0.3, 0.4) is 0 Å². The molecule has 0 fully saturated rings. The number of rotatable bonds is 7. The third-order valence-corrected chi connectivity index (χ3v) is 11.5. The Bertz CT molecular complexity index is 3250. The van der Waals surface area contributed by atoms with Crippen molar-refractivity contribution in [2.75, 3.05) is 4.90 Å². The Balaban J connectivity index is 1.11. The Morgan fingerprint density at radius 1 is 0.310 bits per heavy atom. The topological polar surface area (TPSA) is 16.4 Å². The van der Waals surface area contributed by atoms with Crippen LogP contribution in [0.5, 0.6) is 0 Å². The molecule has 10 aromatic carbocycles. The van der Waals surface area contributed by atoms with Crippen molar-refractivity contribution in [3.05, 3.63) is 224 Å². The Morgan fingerprint density at radius 3 is 1.55 bits per heavy atom. The monoisotopic (exact) mass is 739 g/mol. The van der Waals surface area contributed by atoms with E-state index in [1.54, 1.807) is 0 Å². The Kier molecular flexibility index (Phi) is 8.19. The van der Waals surface area contributed by atoms with Crippen LogP contribution >= 0.6 is 0 Å². The number of fused-ring (bicyclic) bond motifs is 6. The van der Waals surface area contributed by atoms with Crippen LogP contribution in [0, 0.1) is 0 Å². The van der Waals surface area contributed by atoms with Gasteiger partial charge in [0.05, 0.1) is 11.4 Å². The van der Waals surface area contributed by atoms with Crippen LogP contribution in [0.2, 0.25) is 0 Å². The summed E-state index contributed by atoms with van der Waals surface area (Å²) in [6.45, 7) is 0. The fraction of sp³-hybridized carbons (Fsp3) is 0. The number of nitrogens with zero attached hydrogens (tertiary/aromatic N) is 1. The van der Waals surface area contributed by atoms with Crippen LogP contribution in [0.1, 0.15) is 0 Å². The lowest BCUT2D eigenvalue weighted by Gasteiger charge is -2.28. The van der Waals surface area contributed by atoms with Crippen LogP contribution in [0.15, 0.2) is 229 Å². The van der Waals surface area contributed by atoms with E-state index in [-0.39, 0.29) is 0 Å². The van der Waals surface area contributed by atoms with Crippen molar-refractivity contribution >= 4 is 60.5 Å². The summed E-state index contributed by atoms with van der Waals surface area (Å²) in [6.07, 6.45) is 0. The highest BCUT2D eigenvalue weighted by Crippen LogP contribution is 2.48. The quantitative estimate of drug-likeness (QED) is 0.162. The second-order valence-corrected chi connectivity index (χ2v) is 14.9. The lowest BCUT2D eigenvalue weighted by molar-refractivity contribution is 0.673. The Hall–Kier alpha value is -7.68. The molecular weight excluding hydrogens is 703 g/mol. The number of hydrogen-bond acceptors (Lipinski definition) is 2. The molecule has 0 saturated carbocycles. The van der Waals surface area contributed by atoms with Crippen molar-refractivity contribution in [1.29, 1.82) is 0 Å². The Morgan fingerprint density at radius 2 is 0.828 bits per heavy atom. The highest BCUT2D eigenvalue weighted by Gasteiger charge is 2.23. The summed E-state index contributed by atoms with van der Waals surface area (Å²) >= 11 is 0. The SMILES string of the molecule is c1ccc(-c2ccc(-c3ccc(N(c4cccc5ccccc45)c4cc5c(oc6cccc(-c7cccc(-c8ccccc8)c7)c65)c5ccccc45)cc3)cc2)cc1. The molecule has 0 aliphatic carbocycles. The van der Waals surface area contributed by atoms with Crippen molar-refractivity contribution in [2.45, 2.75) is 0 Å². The lowest BCUT2D eigenvalue weighted by atomic mass is 9.94. The van der Waals surface area contributed by atoms with E-state index in [2.05, 4.69) is 229 Å². The van der Waals surface area contributed by atoms with E-state index in [0.717, 1.165) is 60.9 Å². The molecule has 1 heterocycles. The van der Waals surface area contributed by atoms with E-state index >= 15 is 0 Å². The van der Waals surface area contributed by atoms with Gasteiger partial charge in [0, 0.05) is 32.6 Å². The minimum absolute atomic E-state index is 0.874. The van der Waals surface area contributed by atoms with Crippen LogP contribution in [0.4, 0.5) is 17.1 Å². The first-order valence-electron chi connectivity index (χ1n) is 19.8. The maximum absolute atomic E-state index is 6.84. The standard InChI is InChI=1S/C56H37NO/c1-3-14-38(15-4-1)40-28-30-41(31-29-40)42-32-34-46(35-33-42)57(52-26-12-19-43-18-7-8-22-47(43)52)53-37-51-55-48(45-21-11-20-44(36-45)39-16-5-2-6-17-39)25-13-27-54(55)58-56(51)50-24-10-9-23-49(50)53/h1-37H. The molecule has 0 aliphatic heterocycles. The van der Waals surface area contributed by atoms with Crippen molar-refractivity contribution in [3.8, 4) is 44.5 Å². The molecule has 0 N–H and O–H groups in total. The molecule has 0 radical (unpaired) electrons. The normalized spacial score (nSPS) is 11.4. The highest BCUT2D eigenvalue weighted by molar-refractivity contribution is 6.23. The molecule has 11 rings (SSSR count). The fourth-order valence-corrected chi connectivity index (χ4v) is 8.65. The van der Waals surface area contributed by atoms with Crippen LogP contribution in [-0.4, -0.2) is 0 Å². The molecule has 2 heteroatoms. The zero-order chi connectivity index (χ0) is 38.4. The molecule has 272 valence electrons. The van der Waals surface area contributed by atoms with Crippen LogP contribution in [0.25, 0.3) is 88.0 Å². The lowest BCUT2D eigenvalue weighted by Crippen LogP contribution is -2.11. The minimum Gasteiger partial charge on any atom is -0.455 e. The first-order valence-corrected chi connectivity index (χ1v) is 19.8. The minimum atomic E-state index is 0.874. The molecular formula is C56H37NO. The summed E-state index contributed by atoms with van der Waals surface area (Å²) in [7, 11) is 0. The van der Waals surface area contributed by atoms with Gasteiger partial charge in [-0.1, -0.05) is 188 Å². The van der Waals surface area contributed by atoms with Crippen LogP contribution < -0.4 is 4.90 Å². The third-order valence-electron chi connectivity index (χ3n) is 11.5. The number of hydrogen-bond donors (Lipinski definition) is 0. The zero-order valence-corrected chi connectivity index (χ0v) is 31.7. The van der Waals surface area contributed by atoms with Crippen molar-refractivity contribution in [1.82, 2.24) is 0 Å². The maximum atomic E-state index is 6.84. The van der Waals surface area contributed by atoms with Gasteiger partial charge in [0.2, 0.25) is 0 Å². The predicted octanol–water partition coefficient (Wildman–Crippen LogP) is 16.0. The van der Waals surface area contributed by atoms with Gasteiger partial charge < -0.3 is 9.32 Å². The summed E-state index contributed by atoms with van der Waals surface area (Å²) < 4.78 is 6.84. The average Bonchev–Trinajstić information content (AvgIpc) is 3.69. The smallest absolute Gasteiger partial charge is 0.143 e. The van der Waals surface area contributed by atoms with Crippen LogP contribution in [-0.2, 0) is 0 Å². The summed E-state index contributed by atoms with van der Waals surface area (Å²) in [6, 6.07) is 80.6. The average molecular weight is 740 g/mol. The molecule has 0 saturated heterocycles. The molecule has 1 aromatic heterocycles. The third kappa shape index (κ3) is 5.82. The molecule has 0 unspecified atom stereocenters. The molecule has 0 aliphatic rings. The first kappa shape index (κ1) is 33.6. The number of anilines is 3. The van der Waals surface area contributed by atoms with E-state index < -0.39 is 0 Å². The van der Waals surface area contributed by atoms with E-state index in [9.17, 15) is 0 Å². The van der Waals surface area contributed by atoms with Gasteiger partial charge in [-0.3, -0.25) is 0 Å². The number of benzene rings is 10. The van der Waals surface area contributed by atoms with Crippen molar-refractivity contribution in [3.63, 3.8) is 0 Å². The van der Waals surface area contributed by atoms with Crippen molar-refractivity contribution in [2.24, 2.45) is 0 Å². The van der Waals surface area contributed by atoms with E-state index in [0.29, 0.717) is 0 Å². The van der Waals surface area contributed by atoms with Gasteiger partial charge in [-0.15, -0.1) is 0 Å². The zero-order valence-electron chi connectivity index (χ0n) is 31.7. The van der Waals surface area contributed by atoms with E-state index in [4.69, 9.17) is 4.42 Å². The summed E-state index contributed by atoms with van der Waals surface area (Å²) in [5.41, 5.74) is 14.5. The molecule has 0 amide bonds. The van der Waals surface area contributed by atoms with Crippen molar-refractivity contribution < 1.29 is 4.42 Å². The second kappa shape index (κ2) is 14.1. The molecule has 58 heavy (non-hydrogen) atoms. The van der Waals surface area contributed by atoms with Gasteiger partial charge >= 0.3 is 0 Å². The Labute approximate surface area is 337 Å². The molecule has 11 aromatic rings. The largest absolute Gasteiger partial charge is 0.455 e. The second-order valence-electron chi connectivity index (χ2n) is 14.9. The van der Waals surface area contributed by atoms with Gasteiger partial charge in [0.1, 0.15) is 11.2 Å². The predicted molar refractivity (Wildman–Crippen MR) is 245 cm³/mol. The summed E-state index contributed by atoms with van der Waals surface area (Å²) in [4.78, 5) is 2.43. The maximum Gasteiger partial charge on any atom is 0.143 e. The van der Waals surface area contributed by atoms with Gasteiger partial charge in [-0.25, -0.2) is 0 Å².